The summed E-state index contributed by atoms with van der Waals surface area (Å²) in [5.41, 5.74) is 8.14. The third-order valence-corrected chi connectivity index (χ3v) is 8.52. The lowest BCUT2D eigenvalue weighted by atomic mass is 9.73. The maximum atomic E-state index is 5.67. The first kappa shape index (κ1) is 21.7. The highest BCUT2D eigenvalue weighted by Gasteiger charge is 2.39. The fraction of sp³-hybridized carbons (Fsp3) is 0.483. The van der Waals surface area contributed by atoms with Gasteiger partial charge in [0, 0.05) is 36.6 Å². The molecule has 5 nitrogen and oxygen atoms in total. The lowest BCUT2D eigenvalue weighted by Crippen LogP contribution is -2.46. The molecule has 1 fully saturated rings. The van der Waals surface area contributed by atoms with Crippen molar-refractivity contribution in [2.45, 2.75) is 45.1 Å². The largest absolute Gasteiger partial charge is 0.493 e. The molecule has 0 bridgehead atoms. The second-order valence-corrected chi connectivity index (χ2v) is 10.1. The first-order valence-corrected chi connectivity index (χ1v) is 12.8. The van der Waals surface area contributed by atoms with E-state index in [9.17, 15) is 0 Å². The van der Waals surface area contributed by atoms with E-state index in [1.165, 1.54) is 58.4 Å². The zero-order valence-corrected chi connectivity index (χ0v) is 20.6. The third kappa shape index (κ3) is 3.52. The molecule has 3 aliphatic heterocycles. The Morgan fingerprint density at radius 3 is 2.71 bits per heavy atom. The zero-order valence-electron chi connectivity index (χ0n) is 20.6. The molecule has 4 heterocycles. The van der Waals surface area contributed by atoms with Crippen LogP contribution in [0.15, 0.2) is 41.4 Å². The molecule has 1 aromatic heterocycles. The minimum Gasteiger partial charge on any atom is -0.493 e. The number of piperidine rings is 1. The molecule has 1 N–H and O–H groups in total. The van der Waals surface area contributed by atoms with Crippen molar-refractivity contribution < 1.29 is 9.47 Å². The van der Waals surface area contributed by atoms with Crippen LogP contribution in [0.3, 0.4) is 0 Å². The highest BCUT2D eigenvalue weighted by Crippen LogP contribution is 2.46. The van der Waals surface area contributed by atoms with Gasteiger partial charge < -0.3 is 14.5 Å². The standard InChI is InChI=1S/C29H35N3O2/c1-4-18-17-32-12-10-19-15-27(33-2)28(34-3)16-23(19)26(32)14-20(18)13-25-29-22(9-11-30-25)21-7-5-6-8-24(21)31-29/h5-8,15-16,18,20,26,31H,4,9-14,17H2,1-3H3/t18-,20-,26-/m0/s1. The number of nitrogens with one attached hydrogen (secondary N) is 1. The van der Waals surface area contributed by atoms with E-state index in [0.29, 0.717) is 17.9 Å². The summed E-state index contributed by atoms with van der Waals surface area (Å²) in [6.45, 7) is 5.57. The Kier molecular flexibility index (Phi) is 5.60. The van der Waals surface area contributed by atoms with Crippen LogP contribution >= 0.6 is 0 Å². The van der Waals surface area contributed by atoms with Crippen molar-refractivity contribution >= 4 is 16.6 Å². The average molecular weight is 458 g/mol. The average Bonchev–Trinajstić information content (AvgIpc) is 3.27. The van der Waals surface area contributed by atoms with Gasteiger partial charge in [-0.1, -0.05) is 31.5 Å². The molecule has 0 unspecified atom stereocenters. The molecule has 3 aromatic rings. The van der Waals surface area contributed by atoms with E-state index in [0.717, 1.165) is 43.9 Å². The molecule has 5 heteroatoms. The number of para-hydroxylation sites is 1. The monoisotopic (exact) mass is 457 g/mol. The van der Waals surface area contributed by atoms with Gasteiger partial charge in [-0.3, -0.25) is 9.89 Å². The molecule has 1 saturated heterocycles. The van der Waals surface area contributed by atoms with Crippen LogP contribution in [0.2, 0.25) is 0 Å². The molecule has 0 spiro atoms. The van der Waals surface area contributed by atoms with Crippen LogP contribution in [-0.4, -0.2) is 49.4 Å². The third-order valence-electron chi connectivity index (χ3n) is 8.52. The van der Waals surface area contributed by atoms with Crippen LogP contribution in [0.1, 0.15) is 54.6 Å². The fourth-order valence-corrected chi connectivity index (χ4v) is 6.72. The quantitative estimate of drug-likeness (QED) is 0.545. The number of aromatic nitrogens is 1. The molecule has 0 radical (unpaired) electrons. The summed E-state index contributed by atoms with van der Waals surface area (Å²) in [5, 5.41) is 1.37. The van der Waals surface area contributed by atoms with Crippen molar-refractivity contribution in [3.63, 3.8) is 0 Å². The van der Waals surface area contributed by atoms with Crippen molar-refractivity contribution in [3.8, 4) is 11.5 Å². The number of hydrogen-bond acceptors (Lipinski definition) is 4. The highest BCUT2D eigenvalue weighted by atomic mass is 16.5. The molecule has 2 aromatic carbocycles. The molecule has 178 valence electrons. The number of benzene rings is 2. The van der Waals surface area contributed by atoms with Crippen LogP contribution in [-0.2, 0) is 12.8 Å². The molecule has 3 atom stereocenters. The first-order valence-electron chi connectivity index (χ1n) is 12.8. The number of H-pyrrole nitrogens is 1. The molecule has 0 saturated carbocycles. The van der Waals surface area contributed by atoms with E-state index in [4.69, 9.17) is 14.5 Å². The zero-order chi connectivity index (χ0) is 23.2. The molecule has 34 heavy (non-hydrogen) atoms. The van der Waals surface area contributed by atoms with Gasteiger partial charge in [0.15, 0.2) is 11.5 Å². The number of methoxy groups -OCH3 is 2. The Bertz CT molecular complexity index is 1240. The summed E-state index contributed by atoms with van der Waals surface area (Å²) in [6, 6.07) is 13.6. The van der Waals surface area contributed by atoms with Gasteiger partial charge in [0.1, 0.15) is 0 Å². The summed E-state index contributed by atoms with van der Waals surface area (Å²) in [4.78, 5) is 11.5. The number of aliphatic imine (C=N–C) groups is 1. The molecule has 6 rings (SSSR count). The first-order chi connectivity index (χ1) is 16.7. The minimum atomic E-state index is 0.447. The van der Waals surface area contributed by atoms with Gasteiger partial charge in [0.25, 0.3) is 0 Å². The predicted octanol–water partition coefficient (Wildman–Crippen LogP) is 5.57. The summed E-state index contributed by atoms with van der Waals surface area (Å²) < 4.78 is 11.3. The van der Waals surface area contributed by atoms with Gasteiger partial charge in [-0.05, 0) is 72.4 Å². The normalized spacial score (nSPS) is 24.2. The van der Waals surface area contributed by atoms with Gasteiger partial charge in [-0.25, -0.2) is 0 Å². The summed E-state index contributed by atoms with van der Waals surface area (Å²) in [5.74, 6) is 3.02. The fourth-order valence-electron chi connectivity index (χ4n) is 6.72. The van der Waals surface area contributed by atoms with E-state index in [1.54, 1.807) is 14.2 Å². The maximum Gasteiger partial charge on any atom is 0.161 e. The highest BCUT2D eigenvalue weighted by molar-refractivity contribution is 6.06. The Morgan fingerprint density at radius 1 is 1.06 bits per heavy atom. The van der Waals surface area contributed by atoms with Crippen LogP contribution in [0, 0.1) is 11.8 Å². The SMILES string of the molecule is CC[C@H]1CN2CCc3cc(OC)c(OC)cc3[C@@H]2C[C@@H]1CC1=NCCc2c1[nH]c1ccccc21. The van der Waals surface area contributed by atoms with Gasteiger partial charge >= 0.3 is 0 Å². The van der Waals surface area contributed by atoms with Gasteiger partial charge in [-0.15, -0.1) is 0 Å². The maximum absolute atomic E-state index is 5.67. The number of rotatable bonds is 5. The molecular formula is C29H35N3O2. The topological polar surface area (TPSA) is 49.9 Å². The van der Waals surface area contributed by atoms with E-state index in [1.807, 2.05) is 0 Å². The van der Waals surface area contributed by atoms with Gasteiger partial charge in [0.05, 0.1) is 25.6 Å². The Labute approximate surface area is 202 Å². The van der Waals surface area contributed by atoms with E-state index < -0.39 is 0 Å². The number of aromatic amines is 1. The van der Waals surface area contributed by atoms with Crippen molar-refractivity contribution in [2.24, 2.45) is 16.8 Å². The Morgan fingerprint density at radius 2 is 1.88 bits per heavy atom. The van der Waals surface area contributed by atoms with Crippen molar-refractivity contribution in [1.82, 2.24) is 9.88 Å². The van der Waals surface area contributed by atoms with Crippen LogP contribution in [0.4, 0.5) is 0 Å². The number of fused-ring (bicyclic) bond motifs is 6. The van der Waals surface area contributed by atoms with E-state index in [2.05, 4.69) is 53.2 Å². The second-order valence-electron chi connectivity index (χ2n) is 10.1. The van der Waals surface area contributed by atoms with Crippen LogP contribution < -0.4 is 9.47 Å². The van der Waals surface area contributed by atoms with Gasteiger partial charge in [-0.2, -0.15) is 0 Å². The van der Waals surface area contributed by atoms with Crippen molar-refractivity contribution in [1.29, 1.82) is 0 Å². The van der Waals surface area contributed by atoms with Gasteiger partial charge in [0.2, 0.25) is 0 Å². The predicted molar refractivity (Wildman–Crippen MR) is 137 cm³/mol. The van der Waals surface area contributed by atoms with Crippen LogP contribution in [0.5, 0.6) is 11.5 Å². The summed E-state index contributed by atoms with van der Waals surface area (Å²) in [7, 11) is 3.46. The Balaban J connectivity index is 1.31. The minimum absolute atomic E-state index is 0.447. The van der Waals surface area contributed by atoms with Crippen molar-refractivity contribution in [2.75, 3.05) is 33.9 Å². The van der Waals surface area contributed by atoms with E-state index >= 15 is 0 Å². The number of hydrogen-bond donors (Lipinski definition) is 1. The lowest BCUT2D eigenvalue weighted by Gasteiger charge is -2.47. The summed E-state index contributed by atoms with van der Waals surface area (Å²) in [6.07, 6.45) is 5.58. The second kappa shape index (κ2) is 8.77. The molecule has 0 aliphatic carbocycles. The molecular weight excluding hydrogens is 422 g/mol. The summed E-state index contributed by atoms with van der Waals surface area (Å²) >= 11 is 0. The smallest absolute Gasteiger partial charge is 0.161 e. The van der Waals surface area contributed by atoms with E-state index in [-0.39, 0.29) is 0 Å². The number of ether oxygens (including phenoxy) is 2. The number of nitrogens with zero attached hydrogens (tertiary/aromatic N) is 2. The van der Waals surface area contributed by atoms with Crippen LogP contribution in [0.25, 0.3) is 10.9 Å². The Hall–Kier alpha value is -2.79. The lowest BCUT2D eigenvalue weighted by molar-refractivity contribution is 0.0546. The molecule has 0 amide bonds. The van der Waals surface area contributed by atoms with Crippen molar-refractivity contribution in [3.05, 3.63) is 58.8 Å². The molecule has 3 aliphatic rings.